The molecule has 1 saturated heterocycles. The van der Waals surface area contributed by atoms with Crippen molar-refractivity contribution < 1.29 is 0 Å². The summed E-state index contributed by atoms with van der Waals surface area (Å²) in [7, 11) is 0. The van der Waals surface area contributed by atoms with Gasteiger partial charge < -0.3 is 10.6 Å². The number of hydrogen-bond donors (Lipinski definition) is 1. The molecule has 0 atom stereocenters. The molecule has 0 bridgehead atoms. The van der Waals surface area contributed by atoms with Crippen LogP contribution in [0.5, 0.6) is 0 Å². The first-order valence-electron chi connectivity index (χ1n) is 7.89. The molecule has 0 aliphatic carbocycles. The van der Waals surface area contributed by atoms with E-state index in [0.29, 0.717) is 10.8 Å². The summed E-state index contributed by atoms with van der Waals surface area (Å²) >= 11 is 0. The van der Waals surface area contributed by atoms with Gasteiger partial charge in [-0.2, -0.15) is 0 Å². The molecule has 1 rings (SSSR count). The summed E-state index contributed by atoms with van der Waals surface area (Å²) < 4.78 is 0. The van der Waals surface area contributed by atoms with Gasteiger partial charge in [-0.3, -0.25) is 0 Å². The third kappa shape index (κ3) is 4.55. The number of nitrogens with two attached hydrogens (primary N) is 1. The maximum atomic E-state index is 5.77. The summed E-state index contributed by atoms with van der Waals surface area (Å²) in [6.45, 7) is 14.0. The van der Waals surface area contributed by atoms with Crippen LogP contribution in [0.2, 0.25) is 0 Å². The quantitative estimate of drug-likeness (QED) is 0.670. The van der Waals surface area contributed by atoms with Crippen LogP contribution in [0.3, 0.4) is 0 Å². The molecular weight excluding hydrogens is 220 g/mol. The van der Waals surface area contributed by atoms with E-state index in [0.717, 1.165) is 6.54 Å². The lowest BCUT2D eigenvalue weighted by molar-refractivity contribution is 0.233. The summed E-state index contributed by atoms with van der Waals surface area (Å²) in [5.41, 5.74) is 6.74. The van der Waals surface area contributed by atoms with Gasteiger partial charge in [-0.25, -0.2) is 0 Å². The lowest BCUT2D eigenvalue weighted by Crippen LogP contribution is -2.27. The van der Waals surface area contributed by atoms with Gasteiger partial charge in [0.05, 0.1) is 0 Å². The molecular formula is C16H34N2. The van der Waals surface area contributed by atoms with Crippen LogP contribution in [0.25, 0.3) is 0 Å². The standard InChI is InChI=1S/C16H34N2/c1-5-16(6-2)10-12-18(14-16)11-8-7-9-15(3,4)13-17/h5-14,17H2,1-4H3. The van der Waals surface area contributed by atoms with E-state index in [4.69, 9.17) is 5.73 Å². The van der Waals surface area contributed by atoms with Crippen molar-refractivity contribution in [3.8, 4) is 0 Å². The van der Waals surface area contributed by atoms with Crippen LogP contribution in [-0.2, 0) is 0 Å². The minimum absolute atomic E-state index is 0.335. The molecule has 2 N–H and O–H groups in total. The molecule has 0 spiro atoms. The van der Waals surface area contributed by atoms with Gasteiger partial charge in [0.2, 0.25) is 0 Å². The van der Waals surface area contributed by atoms with E-state index in [-0.39, 0.29) is 0 Å². The highest BCUT2D eigenvalue weighted by Gasteiger charge is 2.34. The van der Waals surface area contributed by atoms with Crippen molar-refractivity contribution in [2.75, 3.05) is 26.2 Å². The summed E-state index contributed by atoms with van der Waals surface area (Å²) in [5.74, 6) is 0. The number of unbranched alkanes of at least 4 members (excludes halogenated alkanes) is 1. The van der Waals surface area contributed by atoms with Gasteiger partial charge in [0.1, 0.15) is 0 Å². The molecule has 1 fully saturated rings. The van der Waals surface area contributed by atoms with Gasteiger partial charge in [0, 0.05) is 6.54 Å². The van der Waals surface area contributed by atoms with Crippen molar-refractivity contribution in [1.29, 1.82) is 0 Å². The first-order valence-corrected chi connectivity index (χ1v) is 7.89. The SMILES string of the molecule is CCC1(CC)CCN(CCCCC(C)(C)CN)C1. The van der Waals surface area contributed by atoms with Crippen LogP contribution >= 0.6 is 0 Å². The van der Waals surface area contributed by atoms with Gasteiger partial charge >= 0.3 is 0 Å². The van der Waals surface area contributed by atoms with Crippen molar-refractivity contribution in [1.82, 2.24) is 4.90 Å². The Bertz CT molecular complexity index is 231. The van der Waals surface area contributed by atoms with E-state index >= 15 is 0 Å². The Morgan fingerprint density at radius 2 is 1.83 bits per heavy atom. The zero-order valence-corrected chi connectivity index (χ0v) is 13.1. The predicted octanol–water partition coefficient (Wildman–Crippen LogP) is 3.65. The minimum Gasteiger partial charge on any atom is -0.330 e. The fraction of sp³-hybridized carbons (Fsp3) is 1.00. The Morgan fingerprint density at radius 3 is 2.33 bits per heavy atom. The van der Waals surface area contributed by atoms with Gasteiger partial charge in [0.15, 0.2) is 0 Å². The Labute approximate surface area is 114 Å². The molecule has 0 unspecified atom stereocenters. The summed E-state index contributed by atoms with van der Waals surface area (Å²) in [4.78, 5) is 2.68. The van der Waals surface area contributed by atoms with Gasteiger partial charge in [-0.15, -0.1) is 0 Å². The average Bonchev–Trinajstić information content (AvgIpc) is 2.79. The van der Waals surface area contributed by atoms with Crippen molar-refractivity contribution in [3.63, 3.8) is 0 Å². The molecule has 2 heteroatoms. The molecule has 0 aromatic carbocycles. The largest absolute Gasteiger partial charge is 0.330 e. The molecule has 0 aromatic rings. The fourth-order valence-electron chi connectivity index (χ4n) is 3.09. The molecule has 18 heavy (non-hydrogen) atoms. The second-order valence-corrected chi connectivity index (χ2v) is 7.06. The Morgan fingerprint density at radius 1 is 1.17 bits per heavy atom. The van der Waals surface area contributed by atoms with Crippen LogP contribution in [0.1, 0.15) is 66.2 Å². The molecule has 0 saturated carbocycles. The maximum absolute atomic E-state index is 5.77. The second-order valence-electron chi connectivity index (χ2n) is 7.06. The third-order valence-electron chi connectivity index (χ3n) is 5.15. The highest BCUT2D eigenvalue weighted by Crippen LogP contribution is 2.37. The zero-order chi connectivity index (χ0) is 13.6. The second kappa shape index (κ2) is 6.91. The summed E-state index contributed by atoms with van der Waals surface area (Å²) in [5, 5.41) is 0. The number of rotatable bonds is 8. The molecule has 1 aliphatic heterocycles. The molecule has 0 aromatic heterocycles. The van der Waals surface area contributed by atoms with Gasteiger partial charge in [-0.1, -0.05) is 34.1 Å². The average molecular weight is 254 g/mol. The Kier molecular flexibility index (Phi) is 6.13. The lowest BCUT2D eigenvalue weighted by Gasteiger charge is -2.27. The van der Waals surface area contributed by atoms with E-state index in [1.807, 2.05) is 0 Å². The number of nitrogens with zero attached hydrogens (tertiary/aromatic N) is 1. The van der Waals surface area contributed by atoms with Crippen molar-refractivity contribution in [2.24, 2.45) is 16.6 Å². The van der Waals surface area contributed by atoms with Crippen LogP contribution in [0.4, 0.5) is 0 Å². The lowest BCUT2D eigenvalue weighted by atomic mass is 9.82. The first kappa shape index (κ1) is 16.0. The van der Waals surface area contributed by atoms with E-state index in [1.54, 1.807) is 0 Å². The van der Waals surface area contributed by atoms with Gasteiger partial charge in [0.25, 0.3) is 0 Å². The van der Waals surface area contributed by atoms with E-state index in [2.05, 4.69) is 32.6 Å². The van der Waals surface area contributed by atoms with E-state index < -0.39 is 0 Å². The van der Waals surface area contributed by atoms with E-state index in [1.165, 1.54) is 58.2 Å². The summed E-state index contributed by atoms with van der Waals surface area (Å²) in [6.07, 6.45) is 8.04. The van der Waals surface area contributed by atoms with Crippen LogP contribution in [0.15, 0.2) is 0 Å². The zero-order valence-electron chi connectivity index (χ0n) is 13.1. The Balaban J connectivity index is 2.18. The summed E-state index contributed by atoms with van der Waals surface area (Å²) in [6, 6.07) is 0. The normalized spacial score (nSPS) is 20.5. The highest BCUT2D eigenvalue weighted by atomic mass is 15.2. The smallest absolute Gasteiger partial charge is 0.00382 e. The predicted molar refractivity (Wildman–Crippen MR) is 80.8 cm³/mol. The topological polar surface area (TPSA) is 29.3 Å². The molecule has 0 amide bonds. The minimum atomic E-state index is 0.335. The van der Waals surface area contributed by atoms with Crippen molar-refractivity contribution in [2.45, 2.75) is 66.2 Å². The number of hydrogen-bond acceptors (Lipinski definition) is 2. The van der Waals surface area contributed by atoms with Crippen molar-refractivity contribution >= 4 is 0 Å². The van der Waals surface area contributed by atoms with Crippen LogP contribution in [-0.4, -0.2) is 31.1 Å². The first-order chi connectivity index (χ1) is 8.47. The van der Waals surface area contributed by atoms with Crippen molar-refractivity contribution in [3.05, 3.63) is 0 Å². The third-order valence-corrected chi connectivity index (χ3v) is 5.15. The molecule has 2 nitrogen and oxygen atoms in total. The van der Waals surface area contributed by atoms with Crippen LogP contribution < -0.4 is 5.73 Å². The monoisotopic (exact) mass is 254 g/mol. The molecule has 1 heterocycles. The van der Waals surface area contributed by atoms with Crippen LogP contribution in [0, 0.1) is 10.8 Å². The fourth-order valence-corrected chi connectivity index (χ4v) is 3.09. The van der Waals surface area contributed by atoms with E-state index in [9.17, 15) is 0 Å². The Hall–Kier alpha value is -0.0800. The molecule has 1 aliphatic rings. The van der Waals surface area contributed by atoms with Gasteiger partial charge in [-0.05, 0) is 62.6 Å². The molecule has 0 radical (unpaired) electrons. The molecule has 108 valence electrons. The highest BCUT2D eigenvalue weighted by molar-refractivity contribution is 4.87. The maximum Gasteiger partial charge on any atom is 0.00382 e. The number of likely N-dealkylation sites (tertiary alicyclic amines) is 1.